The maximum Gasteiger partial charge on any atom is 0.234 e. The topological polar surface area (TPSA) is 63.2 Å². The van der Waals surface area contributed by atoms with E-state index in [0.29, 0.717) is 29.2 Å². The van der Waals surface area contributed by atoms with Crippen LogP contribution < -0.4 is 15.4 Å². The Bertz CT molecular complexity index is 419. The van der Waals surface area contributed by atoms with Gasteiger partial charge in [-0.15, -0.1) is 11.8 Å². The van der Waals surface area contributed by atoms with Gasteiger partial charge in [0, 0.05) is 11.3 Å². The van der Waals surface area contributed by atoms with Crippen molar-refractivity contribution in [2.45, 2.75) is 25.0 Å². The van der Waals surface area contributed by atoms with Crippen LogP contribution in [0, 0.1) is 0 Å². The third kappa shape index (κ3) is 5.02. The summed E-state index contributed by atoms with van der Waals surface area (Å²) in [6, 6.07) is 3.57. The molecule has 0 bridgehead atoms. The zero-order valence-corrected chi connectivity index (χ0v) is 12.5. The molecular weight excluding hydrogens is 274 g/mol. The number of carbonyl (C=O) groups excluding carboxylic acids is 1. The predicted molar refractivity (Wildman–Crippen MR) is 82.4 cm³/mol. The highest BCUT2D eigenvalue weighted by Crippen LogP contribution is 2.20. The van der Waals surface area contributed by atoms with Gasteiger partial charge in [0.1, 0.15) is 0 Å². The number of amides is 1. The van der Waals surface area contributed by atoms with Crippen molar-refractivity contribution in [3.8, 4) is 5.88 Å². The van der Waals surface area contributed by atoms with Crippen molar-refractivity contribution in [1.29, 1.82) is 0 Å². The smallest absolute Gasteiger partial charge is 0.234 e. The van der Waals surface area contributed by atoms with Crippen LogP contribution in [0.3, 0.4) is 0 Å². The van der Waals surface area contributed by atoms with E-state index in [1.54, 1.807) is 24.0 Å². The lowest BCUT2D eigenvalue weighted by Crippen LogP contribution is -2.30. The summed E-state index contributed by atoms with van der Waals surface area (Å²) in [6.45, 7) is 4.62. The third-order valence-electron chi connectivity index (χ3n) is 3.05. The number of nitrogens with one attached hydrogen (secondary N) is 2. The molecule has 1 aromatic heterocycles. The molecular formula is C14H21N3O2S. The lowest BCUT2D eigenvalue weighted by atomic mass is 10.2. The fourth-order valence-corrected chi connectivity index (χ4v) is 3.07. The van der Waals surface area contributed by atoms with E-state index in [0.717, 1.165) is 25.9 Å². The normalized spacial score (nSPS) is 15.8. The highest BCUT2D eigenvalue weighted by Gasteiger charge is 2.15. The second kappa shape index (κ2) is 8.11. The molecule has 0 saturated carbocycles. The second-order valence-electron chi connectivity index (χ2n) is 4.63. The SMILES string of the molecule is CCOc1ccc(NC(=O)CSC2CCNCC2)cn1. The predicted octanol–water partition coefficient (Wildman–Crippen LogP) is 1.90. The van der Waals surface area contributed by atoms with E-state index in [2.05, 4.69) is 15.6 Å². The van der Waals surface area contributed by atoms with Gasteiger partial charge in [-0.25, -0.2) is 4.98 Å². The quantitative estimate of drug-likeness (QED) is 0.839. The summed E-state index contributed by atoms with van der Waals surface area (Å²) < 4.78 is 5.26. The fraction of sp³-hybridized carbons (Fsp3) is 0.571. The number of hydrogen-bond acceptors (Lipinski definition) is 5. The number of aromatic nitrogens is 1. The van der Waals surface area contributed by atoms with Crippen LogP contribution in [-0.2, 0) is 4.79 Å². The van der Waals surface area contributed by atoms with Crippen molar-refractivity contribution >= 4 is 23.4 Å². The highest BCUT2D eigenvalue weighted by atomic mass is 32.2. The van der Waals surface area contributed by atoms with Gasteiger partial charge in [-0.05, 0) is 38.9 Å². The number of anilines is 1. The zero-order valence-electron chi connectivity index (χ0n) is 11.7. The minimum absolute atomic E-state index is 0.0273. The average molecular weight is 295 g/mol. The Kier molecular flexibility index (Phi) is 6.14. The van der Waals surface area contributed by atoms with E-state index in [4.69, 9.17) is 4.74 Å². The largest absolute Gasteiger partial charge is 0.478 e. The molecule has 1 amide bonds. The number of rotatable bonds is 6. The molecule has 0 aliphatic carbocycles. The molecule has 0 atom stereocenters. The molecule has 6 heteroatoms. The Morgan fingerprint density at radius 1 is 1.50 bits per heavy atom. The molecule has 20 heavy (non-hydrogen) atoms. The molecule has 1 saturated heterocycles. The summed E-state index contributed by atoms with van der Waals surface area (Å²) in [5.41, 5.74) is 0.712. The number of nitrogens with zero attached hydrogens (tertiary/aromatic N) is 1. The Balaban J connectivity index is 1.73. The molecule has 2 rings (SSSR count). The van der Waals surface area contributed by atoms with Crippen LogP contribution in [0.4, 0.5) is 5.69 Å². The van der Waals surface area contributed by atoms with E-state index >= 15 is 0 Å². The number of ether oxygens (including phenoxy) is 1. The molecule has 0 spiro atoms. The summed E-state index contributed by atoms with van der Waals surface area (Å²) in [6.07, 6.45) is 3.91. The van der Waals surface area contributed by atoms with E-state index in [9.17, 15) is 4.79 Å². The van der Waals surface area contributed by atoms with Crippen LogP contribution in [0.5, 0.6) is 5.88 Å². The molecule has 1 aromatic rings. The van der Waals surface area contributed by atoms with Crippen LogP contribution in [0.25, 0.3) is 0 Å². The molecule has 0 unspecified atom stereocenters. The molecule has 1 aliphatic rings. The molecule has 110 valence electrons. The van der Waals surface area contributed by atoms with E-state index in [1.165, 1.54) is 0 Å². The van der Waals surface area contributed by atoms with E-state index < -0.39 is 0 Å². The second-order valence-corrected chi connectivity index (χ2v) is 5.92. The number of thioether (sulfide) groups is 1. The van der Waals surface area contributed by atoms with Gasteiger partial charge in [0.15, 0.2) is 0 Å². The van der Waals surface area contributed by atoms with Gasteiger partial charge in [0.05, 0.1) is 24.2 Å². The minimum atomic E-state index is 0.0273. The van der Waals surface area contributed by atoms with Crippen LogP contribution in [-0.4, -0.2) is 41.6 Å². The first kappa shape index (κ1) is 15.1. The number of piperidine rings is 1. The average Bonchev–Trinajstić information content (AvgIpc) is 2.49. The zero-order chi connectivity index (χ0) is 14.2. The molecule has 2 N–H and O–H groups in total. The van der Waals surface area contributed by atoms with Gasteiger partial charge in [0.2, 0.25) is 11.8 Å². The molecule has 0 radical (unpaired) electrons. The van der Waals surface area contributed by atoms with Crippen molar-refractivity contribution in [3.63, 3.8) is 0 Å². The third-order valence-corrected chi connectivity index (χ3v) is 4.42. The summed E-state index contributed by atoms with van der Waals surface area (Å²) in [5.74, 6) is 1.10. The Labute approximate surface area is 123 Å². The van der Waals surface area contributed by atoms with Crippen molar-refractivity contribution in [1.82, 2.24) is 10.3 Å². The molecule has 1 aliphatic heterocycles. The summed E-state index contributed by atoms with van der Waals surface area (Å²) >= 11 is 1.74. The molecule has 5 nitrogen and oxygen atoms in total. The van der Waals surface area contributed by atoms with Gasteiger partial charge in [-0.3, -0.25) is 4.79 Å². The number of carbonyl (C=O) groups is 1. The van der Waals surface area contributed by atoms with Crippen LogP contribution in [0.1, 0.15) is 19.8 Å². The summed E-state index contributed by atoms with van der Waals surface area (Å²) in [5, 5.41) is 6.78. The first-order chi connectivity index (χ1) is 9.78. The van der Waals surface area contributed by atoms with Gasteiger partial charge >= 0.3 is 0 Å². The number of hydrogen-bond donors (Lipinski definition) is 2. The maximum absolute atomic E-state index is 11.9. The molecule has 1 fully saturated rings. The Morgan fingerprint density at radius 3 is 2.95 bits per heavy atom. The number of pyridine rings is 1. The van der Waals surface area contributed by atoms with Crippen molar-refractivity contribution < 1.29 is 9.53 Å². The van der Waals surface area contributed by atoms with E-state index in [-0.39, 0.29) is 5.91 Å². The summed E-state index contributed by atoms with van der Waals surface area (Å²) in [4.78, 5) is 16.0. The molecule has 2 heterocycles. The van der Waals surface area contributed by atoms with Crippen molar-refractivity contribution in [2.75, 3.05) is 30.8 Å². The monoisotopic (exact) mass is 295 g/mol. The van der Waals surface area contributed by atoms with Crippen molar-refractivity contribution in [3.05, 3.63) is 18.3 Å². The fourth-order valence-electron chi connectivity index (χ4n) is 2.04. The first-order valence-electron chi connectivity index (χ1n) is 6.99. The van der Waals surface area contributed by atoms with Gasteiger partial charge in [-0.1, -0.05) is 0 Å². The Morgan fingerprint density at radius 2 is 2.30 bits per heavy atom. The maximum atomic E-state index is 11.9. The molecule has 0 aromatic carbocycles. The van der Waals surface area contributed by atoms with Crippen LogP contribution in [0.2, 0.25) is 0 Å². The standard InChI is InChI=1S/C14H21N3O2S/c1-2-19-14-4-3-11(9-16-14)17-13(18)10-20-12-5-7-15-8-6-12/h3-4,9,12,15H,2,5-8,10H2,1H3,(H,17,18). The van der Waals surface area contributed by atoms with Crippen LogP contribution >= 0.6 is 11.8 Å². The van der Waals surface area contributed by atoms with Gasteiger partial charge < -0.3 is 15.4 Å². The lowest BCUT2D eigenvalue weighted by Gasteiger charge is -2.21. The lowest BCUT2D eigenvalue weighted by molar-refractivity contribution is -0.113. The van der Waals surface area contributed by atoms with Gasteiger partial charge in [-0.2, -0.15) is 0 Å². The minimum Gasteiger partial charge on any atom is -0.478 e. The Hall–Kier alpha value is -1.27. The van der Waals surface area contributed by atoms with Crippen molar-refractivity contribution in [2.24, 2.45) is 0 Å². The van der Waals surface area contributed by atoms with E-state index in [1.807, 2.05) is 13.0 Å². The highest BCUT2D eigenvalue weighted by molar-refractivity contribution is 8.00. The van der Waals surface area contributed by atoms with Gasteiger partial charge in [0.25, 0.3) is 0 Å². The summed E-state index contributed by atoms with van der Waals surface area (Å²) in [7, 11) is 0. The van der Waals surface area contributed by atoms with Crippen LogP contribution in [0.15, 0.2) is 18.3 Å². The first-order valence-corrected chi connectivity index (χ1v) is 8.04.